The van der Waals surface area contributed by atoms with E-state index in [1.807, 2.05) is 0 Å². The number of nitrogens with one attached hydrogen (secondary N) is 1. The number of nitrogen functional groups attached to an aromatic ring is 1. The summed E-state index contributed by atoms with van der Waals surface area (Å²) < 4.78 is 2.25. The minimum atomic E-state index is -0.226. The summed E-state index contributed by atoms with van der Waals surface area (Å²) in [4.78, 5) is 12.1. The largest absolute Gasteiger partial charge is 0.384 e. The predicted molar refractivity (Wildman–Crippen MR) is 70.3 cm³/mol. The van der Waals surface area contributed by atoms with Gasteiger partial charge in [0.25, 0.3) is 5.91 Å². The van der Waals surface area contributed by atoms with E-state index in [0.717, 1.165) is 0 Å². The van der Waals surface area contributed by atoms with Crippen molar-refractivity contribution in [3.05, 3.63) is 34.1 Å². The first kappa shape index (κ1) is 12.7. The van der Waals surface area contributed by atoms with Crippen LogP contribution >= 0.6 is 23.6 Å². The topological polar surface area (TPSA) is 60.0 Å². The molecule has 0 bridgehead atoms. The Bertz CT molecular complexity index is 473. The van der Waals surface area contributed by atoms with Crippen molar-refractivity contribution in [2.45, 2.75) is 6.54 Å². The Balaban J connectivity index is 3.02. The van der Waals surface area contributed by atoms with Crippen LogP contribution in [-0.4, -0.2) is 17.0 Å². The number of hydrogen-bond acceptors (Lipinski definition) is 4. The average molecular weight is 255 g/mol. The molecular formula is C10H13N3OS2. The minimum absolute atomic E-state index is 0.226. The molecule has 86 valence electrons. The second-order valence-electron chi connectivity index (χ2n) is 2.98. The normalized spacial score (nSPS) is 9.75. The first-order valence-corrected chi connectivity index (χ1v) is 5.83. The molecule has 6 heteroatoms. The quantitative estimate of drug-likeness (QED) is 0.624. The molecule has 1 aromatic heterocycles. The van der Waals surface area contributed by atoms with Gasteiger partial charge in [-0.15, -0.1) is 13.2 Å². The van der Waals surface area contributed by atoms with Gasteiger partial charge in [0, 0.05) is 13.1 Å². The van der Waals surface area contributed by atoms with E-state index in [4.69, 9.17) is 18.0 Å². The molecule has 0 unspecified atom stereocenters. The molecule has 0 aliphatic heterocycles. The number of rotatable bonds is 5. The number of anilines is 1. The van der Waals surface area contributed by atoms with Gasteiger partial charge in [0.1, 0.15) is 10.7 Å². The number of amides is 1. The van der Waals surface area contributed by atoms with Crippen LogP contribution in [0.2, 0.25) is 0 Å². The molecule has 0 aliphatic carbocycles. The summed E-state index contributed by atoms with van der Waals surface area (Å²) in [6, 6.07) is 0. The molecule has 1 amide bonds. The van der Waals surface area contributed by atoms with Gasteiger partial charge in [0.05, 0.1) is 0 Å². The third kappa shape index (κ3) is 2.59. The standard InChI is InChI=1S/C10H13N3OS2/c1-3-5-12-9(14)7-8(11)13(6-4-2)10(15)16-7/h3-4H,1-2,5-6,11H2,(H,12,14). The third-order valence-corrected chi connectivity index (χ3v) is 3.32. The maximum Gasteiger partial charge on any atom is 0.265 e. The van der Waals surface area contributed by atoms with Gasteiger partial charge in [0.2, 0.25) is 0 Å². The summed E-state index contributed by atoms with van der Waals surface area (Å²) in [5.41, 5.74) is 5.84. The number of nitrogens with two attached hydrogens (primary N) is 1. The smallest absolute Gasteiger partial charge is 0.265 e. The van der Waals surface area contributed by atoms with Crippen molar-refractivity contribution in [3.8, 4) is 0 Å². The number of hydrogen-bond donors (Lipinski definition) is 2. The summed E-state index contributed by atoms with van der Waals surface area (Å²) in [5.74, 6) is 0.160. The molecule has 0 aliphatic rings. The van der Waals surface area contributed by atoms with Crippen molar-refractivity contribution >= 4 is 35.3 Å². The van der Waals surface area contributed by atoms with E-state index in [2.05, 4.69) is 18.5 Å². The van der Waals surface area contributed by atoms with Crippen LogP contribution in [0.25, 0.3) is 0 Å². The SMILES string of the molecule is C=CCNC(=O)c1sc(=S)n(CC=C)c1N. The Labute approximate surface area is 103 Å². The van der Waals surface area contributed by atoms with E-state index >= 15 is 0 Å². The number of thiazole rings is 1. The van der Waals surface area contributed by atoms with E-state index in [9.17, 15) is 4.79 Å². The Morgan fingerprint density at radius 1 is 1.56 bits per heavy atom. The van der Waals surface area contributed by atoms with Crippen LogP contribution in [0.15, 0.2) is 25.3 Å². The summed E-state index contributed by atoms with van der Waals surface area (Å²) in [5, 5.41) is 2.66. The molecule has 1 rings (SSSR count). The van der Waals surface area contributed by atoms with Crippen LogP contribution < -0.4 is 11.1 Å². The molecule has 1 aromatic rings. The summed E-state index contributed by atoms with van der Waals surface area (Å²) in [6.45, 7) is 8.05. The van der Waals surface area contributed by atoms with Crippen molar-refractivity contribution in [3.63, 3.8) is 0 Å². The minimum Gasteiger partial charge on any atom is -0.384 e. The highest BCUT2D eigenvalue weighted by Crippen LogP contribution is 2.21. The van der Waals surface area contributed by atoms with Crippen LogP contribution in [0.4, 0.5) is 5.82 Å². The summed E-state index contributed by atoms with van der Waals surface area (Å²) in [7, 11) is 0. The lowest BCUT2D eigenvalue weighted by molar-refractivity contribution is 0.0962. The van der Waals surface area contributed by atoms with Crippen molar-refractivity contribution in [2.24, 2.45) is 0 Å². The number of nitrogens with zero attached hydrogens (tertiary/aromatic N) is 1. The number of carbonyl (C=O) groups is 1. The Morgan fingerprint density at radius 3 is 2.81 bits per heavy atom. The Morgan fingerprint density at radius 2 is 2.25 bits per heavy atom. The summed E-state index contributed by atoms with van der Waals surface area (Å²) in [6.07, 6.45) is 3.29. The second kappa shape index (κ2) is 5.62. The molecule has 0 atom stereocenters. The molecule has 1 heterocycles. The molecule has 3 N–H and O–H groups in total. The Kier molecular flexibility index (Phi) is 4.45. The fourth-order valence-electron chi connectivity index (χ4n) is 1.13. The van der Waals surface area contributed by atoms with Crippen molar-refractivity contribution in [2.75, 3.05) is 12.3 Å². The highest BCUT2D eigenvalue weighted by atomic mass is 32.1. The number of allylic oxidation sites excluding steroid dienone is 1. The van der Waals surface area contributed by atoms with Gasteiger partial charge in [-0.2, -0.15) is 0 Å². The van der Waals surface area contributed by atoms with Crippen LogP contribution in [0, 0.1) is 3.95 Å². The average Bonchev–Trinajstić information content (AvgIpc) is 2.54. The number of aromatic nitrogens is 1. The van der Waals surface area contributed by atoms with Crippen LogP contribution in [0.5, 0.6) is 0 Å². The monoisotopic (exact) mass is 255 g/mol. The second-order valence-corrected chi connectivity index (χ2v) is 4.62. The van der Waals surface area contributed by atoms with E-state index in [-0.39, 0.29) is 5.91 Å². The molecule has 0 aromatic carbocycles. The lowest BCUT2D eigenvalue weighted by Gasteiger charge is -2.03. The van der Waals surface area contributed by atoms with Crippen LogP contribution in [-0.2, 0) is 6.54 Å². The van der Waals surface area contributed by atoms with Crippen LogP contribution in [0.1, 0.15) is 9.67 Å². The molecule has 0 spiro atoms. The highest BCUT2D eigenvalue weighted by molar-refractivity contribution is 7.73. The fourth-order valence-corrected chi connectivity index (χ4v) is 2.39. The van der Waals surface area contributed by atoms with Gasteiger partial charge in [-0.1, -0.05) is 23.5 Å². The number of carbonyl (C=O) groups excluding carboxylic acids is 1. The van der Waals surface area contributed by atoms with E-state index in [1.165, 1.54) is 11.3 Å². The molecule has 4 nitrogen and oxygen atoms in total. The molecular weight excluding hydrogens is 242 g/mol. The zero-order chi connectivity index (χ0) is 12.1. The third-order valence-electron chi connectivity index (χ3n) is 1.86. The van der Waals surface area contributed by atoms with Gasteiger partial charge in [-0.05, 0) is 12.2 Å². The zero-order valence-electron chi connectivity index (χ0n) is 8.73. The van der Waals surface area contributed by atoms with Gasteiger partial charge >= 0.3 is 0 Å². The molecule has 0 radical (unpaired) electrons. The molecule has 0 saturated carbocycles. The van der Waals surface area contributed by atoms with E-state index in [0.29, 0.717) is 27.7 Å². The zero-order valence-corrected chi connectivity index (χ0v) is 10.4. The first-order chi connectivity index (χ1) is 7.61. The van der Waals surface area contributed by atoms with Crippen molar-refractivity contribution < 1.29 is 4.79 Å². The van der Waals surface area contributed by atoms with Gasteiger partial charge in [-0.25, -0.2) is 0 Å². The molecule has 16 heavy (non-hydrogen) atoms. The van der Waals surface area contributed by atoms with Gasteiger partial charge in [-0.3, -0.25) is 4.79 Å². The summed E-state index contributed by atoms with van der Waals surface area (Å²) >= 11 is 6.31. The lowest BCUT2D eigenvalue weighted by atomic mass is 10.4. The van der Waals surface area contributed by atoms with Gasteiger partial charge < -0.3 is 15.6 Å². The first-order valence-electron chi connectivity index (χ1n) is 4.61. The predicted octanol–water partition coefficient (Wildman–Crippen LogP) is 1.96. The molecule has 0 fully saturated rings. The van der Waals surface area contributed by atoms with E-state index in [1.54, 1.807) is 16.7 Å². The highest BCUT2D eigenvalue weighted by Gasteiger charge is 2.15. The van der Waals surface area contributed by atoms with Crippen LogP contribution in [0.3, 0.4) is 0 Å². The molecule has 0 saturated heterocycles. The van der Waals surface area contributed by atoms with Crippen molar-refractivity contribution in [1.82, 2.24) is 9.88 Å². The van der Waals surface area contributed by atoms with Crippen molar-refractivity contribution in [1.29, 1.82) is 0 Å². The van der Waals surface area contributed by atoms with E-state index < -0.39 is 0 Å². The Hall–Kier alpha value is -1.40. The fraction of sp³-hybridized carbons (Fsp3) is 0.200. The van der Waals surface area contributed by atoms with Gasteiger partial charge in [0.15, 0.2) is 3.95 Å². The lowest BCUT2D eigenvalue weighted by Crippen LogP contribution is -2.23. The maximum atomic E-state index is 11.7. The maximum absolute atomic E-state index is 11.7.